The van der Waals surface area contributed by atoms with Gasteiger partial charge in [0.15, 0.2) is 0 Å². The van der Waals surface area contributed by atoms with E-state index in [4.69, 9.17) is 0 Å². The van der Waals surface area contributed by atoms with Crippen LogP contribution in [0.25, 0.3) is 0 Å². The van der Waals surface area contributed by atoms with Crippen LogP contribution in [-0.4, -0.2) is 37.6 Å². The smallest absolute Gasteiger partial charge is 0.220 e. The molecule has 0 aromatic heterocycles. The molecule has 0 radical (unpaired) electrons. The van der Waals surface area contributed by atoms with E-state index < -0.39 is 0 Å². The summed E-state index contributed by atoms with van der Waals surface area (Å²) in [5.41, 5.74) is 0. The van der Waals surface area contributed by atoms with Gasteiger partial charge in [-0.2, -0.15) is 11.8 Å². The van der Waals surface area contributed by atoms with Crippen molar-refractivity contribution in [3.63, 3.8) is 0 Å². The van der Waals surface area contributed by atoms with Crippen molar-refractivity contribution in [1.82, 2.24) is 10.6 Å². The van der Waals surface area contributed by atoms with Gasteiger partial charge in [0.1, 0.15) is 0 Å². The van der Waals surface area contributed by atoms with E-state index in [2.05, 4.69) is 17.6 Å². The maximum Gasteiger partial charge on any atom is 0.220 e. The molecule has 0 aliphatic carbocycles. The second kappa shape index (κ2) is 8.87. The minimum atomic E-state index is 0.159. The normalized spacial score (nSPS) is 9.83. The van der Waals surface area contributed by atoms with Crippen LogP contribution in [0.2, 0.25) is 0 Å². The average Bonchev–Trinajstić information content (AvgIpc) is 2.06. The van der Waals surface area contributed by atoms with Crippen molar-refractivity contribution in [2.24, 2.45) is 0 Å². The summed E-state index contributed by atoms with van der Waals surface area (Å²) in [5.74, 6) is 2.18. The van der Waals surface area contributed by atoms with Gasteiger partial charge in [-0.05, 0) is 12.8 Å². The van der Waals surface area contributed by atoms with Crippen LogP contribution in [0, 0.1) is 0 Å². The average molecular weight is 190 g/mol. The van der Waals surface area contributed by atoms with E-state index in [0.29, 0.717) is 6.42 Å². The third kappa shape index (κ3) is 7.88. The molecule has 0 aliphatic rings. The molecule has 0 aliphatic heterocycles. The molecule has 0 atom stereocenters. The van der Waals surface area contributed by atoms with Crippen molar-refractivity contribution in [2.75, 3.05) is 31.6 Å². The topological polar surface area (TPSA) is 41.1 Å². The second-order valence-corrected chi connectivity index (χ2v) is 3.79. The molecule has 0 aromatic carbocycles. The van der Waals surface area contributed by atoms with Crippen LogP contribution < -0.4 is 10.6 Å². The Labute approximate surface area is 78.7 Å². The molecule has 12 heavy (non-hydrogen) atoms. The number of amides is 1. The summed E-state index contributed by atoms with van der Waals surface area (Å²) in [4.78, 5) is 11.0. The summed E-state index contributed by atoms with van der Waals surface area (Å²) in [6, 6.07) is 0. The molecule has 4 heteroatoms. The number of hydrogen-bond acceptors (Lipinski definition) is 3. The summed E-state index contributed by atoms with van der Waals surface area (Å²) in [6.45, 7) is 3.67. The first kappa shape index (κ1) is 11.8. The number of likely N-dealkylation sites (N-methyl/N-ethyl adjacent to an activating group) is 1. The highest BCUT2D eigenvalue weighted by molar-refractivity contribution is 7.99. The van der Waals surface area contributed by atoms with Crippen LogP contribution in [0.4, 0.5) is 0 Å². The zero-order chi connectivity index (χ0) is 9.23. The summed E-state index contributed by atoms with van der Waals surface area (Å²) in [7, 11) is 1.87. The number of carbonyl (C=O) groups is 1. The molecule has 0 fully saturated rings. The Morgan fingerprint density at radius 1 is 1.42 bits per heavy atom. The van der Waals surface area contributed by atoms with E-state index in [-0.39, 0.29) is 5.91 Å². The van der Waals surface area contributed by atoms with Gasteiger partial charge < -0.3 is 10.6 Å². The lowest BCUT2D eigenvalue weighted by Gasteiger charge is -2.03. The zero-order valence-electron chi connectivity index (χ0n) is 7.85. The van der Waals surface area contributed by atoms with Gasteiger partial charge in [-0.25, -0.2) is 0 Å². The monoisotopic (exact) mass is 190 g/mol. The fourth-order valence-electron chi connectivity index (χ4n) is 0.725. The number of hydrogen-bond donors (Lipinski definition) is 2. The third-order valence-electron chi connectivity index (χ3n) is 1.37. The fraction of sp³-hybridized carbons (Fsp3) is 0.875. The molecule has 1 amide bonds. The van der Waals surface area contributed by atoms with Crippen molar-refractivity contribution in [3.8, 4) is 0 Å². The van der Waals surface area contributed by atoms with Crippen LogP contribution in [-0.2, 0) is 4.79 Å². The van der Waals surface area contributed by atoms with Gasteiger partial charge in [-0.15, -0.1) is 0 Å². The SMILES string of the molecule is CCSCCC(=O)NCCNC. The summed E-state index contributed by atoms with van der Waals surface area (Å²) in [6.07, 6.45) is 0.641. The number of rotatable bonds is 7. The Hall–Kier alpha value is -0.220. The molecule has 0 unspecified atom stereocenters. The summed E-state index contributed by atoms with van der Waals surface area (Å²) < 4.78 is 0. The predicted octanol–water partition coefficient (Wildman–Crippen LogP) is 0.465. The van der Waals surface area contributed by atoms with E-state index in [1.165, 1.54) is 0 Å². The number of carbonyl (C=O) groups excluding carboxylic acids is 1. The Bertz CT molecular complexity index is 108. The molecule has 2 N–H and O–H groups in total. The van der Waals surface area contributed by atoms with Crippen molar-refractivity contribution >= 4 is 17.7 Å². The van der Waals surface area contributed by atoms with Crippen molar-refractivity contribution in [3.05, 3.63) is 0 Å². The molecule has 0 bridgehead atoms. The minimum absolute atomic E-state index is 0.159. The Balaban J connectivity index is 3.10. The predicted molar refractivity (Wildman–Crippen MR) is 54.6 cm³/mol. The van der Waals surface area contributed by atoms with E-state index in [9.17, 15) is 4.79 Å². The second-order valence-electron chi connectivity index (χ2n) is 2.40. The van der Waals surface area contributed by atoms with E-state index in [1.807, 2.05) is 7.05 Å². The van der Waals surface area contributed by atoms with Gasteiger partial charge in [0.25, 0.3) is 0 Å². The molecule has 0 spiro atoms. The first-order chi connectivity index (χ1) is 5.81. The Kier molecular flexibility index (Phi) is 8.71. The molecule has 0 heterocycles. The molecule has 0 aromatic rings. The third-order valence-corrected chi connectivity index (χ3v) is 2.28. The lowest BCUT2D eigenvalue weighted by atomic mass is 10.4. The lowest BCUT2D eigenvalue weighted by Crippen LogP contribution is -2.30. The van der Waals surface area contributed by atoms with Gasteiger partial charge >= 0.3 is 0 Å². The highest BCUT2D eigenvalue weighted by Crippen LogP contribution is 1.99. The molecule has 0 rings (SSSR count). The van der Waals surface area contributed by atoms with Gasteiger partial charge in [0.05, 0.1) is 0 Å². The number of nitrogens with one attached hydrogen (secondary N) is 2. The molecule has 0 saturated heterocycles. The maximum atomic E-state index is 11.0. The highest BCUT2D eigenvalue weighted by atomic mass is 32.2. The van der Waals surface area contributed by atoms with Crippen LogP contribution in [0.1, 0.15) is 13.3 Å². The Morgan fingerprint density at radius 2 is 2.17 bits per heavy atom. The highest BCUT2D eigenvalue weighted by Gasteiger charge is 1.98. The van der Waals surface area contributed by atoms with Crippen LogP contribution in [0.3, 0.4) is 0 Å². The summed E-state index contributed by atoms with van der Waals surface area (Å²) >= 11 is 1.80. The zero-order valence-corrected chi connectivity index (χ0v) is 8.67. The van der Waals surface area contributed by atoms with Crippen LogP contribution >= 0.6 is 11.8 Å². The molecule has 72 valence electrons. The van der Waals surface area contributed by atoms with Gasteiger partial charge in [-0.1, -0.05) is 6.92 Å². The van der Waals surface area contributed by atoms with E-state index in [1.54, 1.807) is 11.8 Å². The van der Waals surface area contributed by atoms with Crippen LogP contribution in [0.15, 0.2) is 0 Å². The maximum absolute atomic E-state index is 11.0. The van der Waals surface area contributed by atoms with Gasteiger partial charge in [0.2, 0.25) is 5.91 Å². The van der Waals surface area contributed by atoms with Crippen molar-refractivity contribution in [1.29, 1.82) is 0 Å². The molecule has 3 nitrogen and oxygen atoms in total. The molecular formula is C8H18N2OS. The lowest BCUT2D eigenvalue weighted by molar-refractivity contribution is -0.120. The molecular weight excluding hydrogens is 172 g/mol. The minimum Gasteiger partial charge on any atom is -0.355 e. The standard InChI is InChI=1S/C8H18N2OS/c1-3-12-7-4-8(11)10-6-5-9-2/h9H,3-7H2,1-2H3,(H,10,11). The van der Waals surface area contributed by atoms with Gasteiger partial charge in [0, 0.05) is 25.3 Å². The first-order valence-electron chi connectivity index (χ1n) is 4.30. The largest absolute Gasteiger partial charge is 0.355 e. The first-order valence-corrected chi connectivity index (χ1v) is 5.45. The fourth-order valence-corrected chi connectivity index (χ4v) is 1.34. The van der Waals surface area contributed by atoms with E-state index in [0.717, 1.165) is 24.6 Å². The van der Waals surface area contributed by atoms with Crippen molar-refractivity contribution < 1.29 is 4.79 Å². The van der Waals surface area contributed by atoms with Gasteiger partial charge in [-0.3, -0.25) is 4.79 Å². The quantitative estimate of drug-likeness (QED) is 0.573. The number of thioether (sulfide) groups is 1. The van der Waals surface area contributed by atoms with E-state index >= 15 is 0 Å². The Morgan fingerprint density at radius 3 is 2.75 bits per heavy atom. The molecule has 0 saturated carbocycles. The van der Waals surface area contributed by atoms with Crippen molar-refractivity contribution in [2.45, 2.75) is 13.3 Å². The summed E-state index contributed by atoms with van der Waals surface area (Å²) in [5, 5.41) is 5.80. The van der Waals surface area contributed by atoms with Crippen LogP contribution in [0.5, 0.6) is 0 Å².